The maximum Gasteiger partial charge on any atom is 0.191 e. The molecule has 5 nitrogen and oxygen atoms in total. The second-order valence-corrected chi connectivity index (χ2v) is 9.28. The van der Waals surface area contributed by atoms with E-state index in [9.17, 15) is 0 Å². The number of hydrogen-bond acceptors (Lipinski definition) is 4. The number of nitrogens with zero attached hydrogens (tertiary/aromatic N) is 2. The van der Waals surface area contributed by atoms with Crippen LogP contribution in [0.1, 0.15) is 33.7 Å². The Hall–Kier alpha value is -1.16. The minimum Gasteiger partial charge on any atom is -0.379 e. The summed E-state index contributed by atoms with van der Waals surface area (Å²) in [6.45, 7) is 7.60. The summed E-state index contributed by atoms with van der Waals surface area (Å²) in [5.41, 5.74) is 1.46. The van der Waals surface area contributed by atoms with Gasteiger partial charge in [-0.2, -0.15) is 0 Å². The van der Waals surface area contributed by atoms with Crippen LogP contribution in [0.15, 0.2) is 47.5 Å². The van der Waals surface area contributed by atoms with Crippen LogP contribution in [0.5, 0.6) is 0 Å². The van der Waals surface area contributed by atoms with Gasteiger partial charge in [-0.3, -0.25) is 9.89 Å². The number of rotatable bonds is 7. The molecule has 0 spiro atoms. The van der Waals surface area contributed by atoms with Crippen LogP contribution in [-0.4, -0.2) is 57.3 Å². The third kappa shape index (κ3) is 6.18. The van der Waals surface area contributed by atoms with Crippen molar-refractivity contribution in [3.63, 3.8) is 0 Å². The molecule has 3 unspecified atom stereocenters. The molecule has 1 aromatic carbocycles. The van der Waals surface area contributed by atoms with E-state index in [-0.39, 0.29) is 24.0 Å². The van der Waals surface area contributed by atoms with E-state index in [1.54, 1.807) is 0 Å². The van der Waals surface area contributed by atoms with Crippen LogP contribution < -0.4 is 10.6 Å². The smallest absolute Gasteiger partial charge is 0.191 e. The third-order valence-electron chi connectivity index (χ3n) is 5.94. The zero-order valence-electron chi connectivity index (χ0n) is 17.8. The molecular formula is C23H33IN4OS. The van der Waals surface area contributed by atoms with Crippen molar-refractivity contribution < 1.29 is 4.74 Å². The van der Waals surface area contributed by atoms with Gasteiger partial charge in [-0.1, -0.05) is 30.3 Å². The van der Waals surface area contributed by atoms with Crippen LogP contribution in [0.3, 0.4) is 0 Å². The Morgan fingerprint density at radius 1 is 1.17 bits per heavy atom. The first-order valence-corrected chi connectivity index (χ1v) is 11.4. The number of halogens is 1. The predicted octanol–water partition coefficient (Wildman–Crippen LogP) is 4.02. The van der Waals surface area contributed by atoms with Gasteiger partial charge >= 0.3 is 0 Å². The number of guanidine groups is 1. The van der Waals surface area contributed by atoms with E-state index < -0.39 is 0 Å². The van der Waals surface area contributed by atoms with Gasteiger partial charge in [0.25, 0.3) is 0 Å². The fourth-order valence-corrected chi connectivity index (χ4v) is 5.17. The molecule has 2 aliphatic rings. The zero-order chi connectivity index (χ0) is 20.1. The molecule has 1 saturated heterocycles. The summed E-state index contributed by atoms with van der Waals surface area (Å²) in [5, 5.41) is 7.12. The zero-order valence-corrected chi connectivity index (χ0v) is 21.0. The molecule has 1 aromatic heterocycles. The van der Waals surface area contributed by atoms with Gasteiger partial charge in [0, 0.05) is 43.0 Å². The van der Waals surface area contributed by atoms with Crippen molar-refractivity contribution in [3.8, 4) is 0 Å². The average molecular weight is 541 g/mol. The molecule has 0 radical (unpaired) electrons. The summed E-state index contributed by atoms with van der Waals surface area (Å²) in [5.74, 6) is 2.29. The first kappa shape index (κ1) is 23.5. The fraction of sp³-hybridized carbons (Fsp3) is 0.522. The van der Waals surface area contributed by atoms with E-state index in [1.807, 2.05) is 18.4 Å². The van der Waals surface area contributed by atoms with Gasteiger partial charge < -0.3 is 15.4 Å². The molecule has 1 aliphatic carbocycles. The number of aliphatic imine (C=N–C) groups is 1. The van der Waals surface area contributed by atoms with Gasteiger partial charge in [0.2, 0.25) is 0 Å². The SMILES string of the molecule is CN=C(NCC1CC1c1ccccc1)NCC(c1ccc(C)s1)N1CCOCC1.I. The fourth-order valence-electron chi connectivity index (χ4n) is 4.15. The third-order valence-corrected chi connectivity index (χ3v) is 7.05. The molecule has 164 valence electrons. The molecule has 2 aromatic rings. The summed E-state index contributed by atoms with van der Waals surface area (Å²) in [4.78, 5) is 9.76. The molecule has 2 N–H and O–H groups in total. The van der Waals surface area contributed by atoms with E-state index in [0.29, 0.717) is 17.9 Å². The molecule has 2 heterocycles. The minimum absolute atomic E-state index is 0. The summed E-state index contributed by atoms with van der Waals surface area (Å²) >= 11 is 1.89. The second kappa shape index (κ2) is 11.5. The van der Waals surface area contributed by atoms with Crippen molar-refractivity contribution in [3.05, 3.63) is 57.8 Å². The van der Waals surface area contributed by atoms with Gasteiger partial charge in [-0.25, -0.2) is 0 Å². The van der Waals surface area contributed by atoms with Crippen molar-refractivity contribution in [1.29, 1.82) is 0 Å². The summed E-state index contributed by atoms with van der Waals surface area (Å²) in [6, 6.07) is 15.7. The number of morpholine rings is 1. The van der Waals surface area contributed by atoms with Crippen LogP contribution >= 0.6 is 35.3 Å². The Morgan fingerprint density at radius 3 is 2.60 bits per heavy atom. The topological polar surface area (TPSA) is 48.9 Å². The predicted molar refractivity (Wildman–Crippen MR) is 136 cm³/mol. The maximum atomic E-state index is 5.56. The lowest BCUT2D eigenvalue weighted by molar-refractivity contribution is 0.0177. The molecule has 4 rings (SSSR count). The molecule has 0 amide bonds. The Balaban J connectivity index is 0.00000256. The van der Waals surface area contributed by atoms with Gasteiger partial charge in [-0.05, 0) is 42.9 Å². The Morgan fingerprint density at radius 2 is 1.93 bits per heavy atom. The van der Waals surface area contributed by atoms with Gasteiger partial charge in [0.05, 0.1) is 19.3 Å². The number of hydrogen-bond donors (Lipinski definition) is 2. The highest BCUT2D eigenvalue weighted by atomic mass is 127. The normalized spacial score (nSPS) is 22.8. The first-order valence-electron chi connectivity index (χ1n) is 10.6. The first-order chi connectivity index (χ1) is 14.2. The highest BCUT2D eigenvalue weighted by Gasteiger charge is 2.37. The molecule has 0 bridgehead atoms. The van der Waals surface area contributed by atoms with Crippen molar-refractivity contribution in [2.75, 3.05) is 46.4 Å². The lowest BCUT2D eigenvalue weighted by Crippen LogP contribution is -2.46. The summed E-state index contributed by atoms with van der Waals surface area (Å²) in [6.07, 6.45) is 1.26. The van der Waals surface area contributed by atoms with Crippen molar-refractivity contribution in [2.24, 2.45) is 10.9 Å². The molecule has 2 fully saturated rings. The maximum absolute atomic E-state index is 5.56. The number of thiophene rings is 1. The number of aryl methyl sites for hydroxylation is 1. The van der Waals surface area contributed by atoms with Crippen molar-refractivity contribution in [1.82, 2.24) is 15.5 Å². The average Bonchev–Trinajstić information content (AvgIpc) is 3.43. The van der Waals surface area contributed by atoms with Crippen molar-refractivity contribution >= 4 is 41.3 Å². The Bertz CT molecular complexity index is 807. The van der Waals surface area contributed by atoms with Crippen LogP contribution in [-0.2, 0) is 4.74 Å². The number of ether oxygens (including phenoxy) is 1. The van der Waals surface area contributed by atoms with Gasteiger partial charge in [0.1, 0.15) is 0 Å². The summed E-state index contributed by atoms with van der Waals surface area (Å²) < 4.78 is 5.56. The van der Waals surface area contributed by atoms with E-state index in [4.69, 9.17) is 4.74 Å². The van der Waals surface area contributed by atoms with E-state index in [1.165, 1.54) is 21.7 Å². The van der Waals surface area contributed by atoms with E-state index in [0.717, 1.165) is 45.4 Å². The highest BCUT2D eigenvalue weighted by Crippen LogP contribution is 2.46. The molecular weight excluding hydrogens is 507 g/mol. The Labute approximate surface area is 201 Å². The molecule has 3 atom stereocenters. The number of nitrogens with one attached hydrogen (secondary N) is 2. The van der Waals surface area contributed by atoms with Crippen LogP contribution in [0.4, 0.5) is 0 Å². The number of benzene rings is 1. The second-order valence-electron chi connectivity index (χ2n) is 7.96. The van der Waals surface area contributed by atoms with Crippen LogP contribution in [0, 0.1) is 12.8 Å². The highest BCUT2D eigenvalue weighted by molar-refractivity contribution is 14.0. The van der Waals surface area contributed by atoms with Crippen LogP contribution in [0.25, 0.3) is 0 Å². The molecule has 1 aliphatic heterocycles. The minimum atomic E-state index is 0. The van der Waals surface area contributed by atoms with Gasteiger partial charge in [-0.15, -0.1) is 35.3 Å². The Kier molecular flexibility index (Phi) is 8.98. The molecule has 1 saturated carbocycles. The lowest BCUT2D eigenvalue weighted by atomic mass is 10.1. The standard InChI is InChI=1S/C23H32N4OS.HI/c1-17-8-9-22(29-17)21(27-10-12-28-13-11-27)16-26-23(24-2)25-15-19-14-20(19)18-6-4-3-5-7-18;/h3-9,19-21H,10-16H2,1-2H3,(H2,24,25,26);1H. The molecule has 30 heavy (non-hydrogen) atoms. The van der Waals surface area contributed by atoms with Gasteiger partial charge in [0.15, 0.2) is 5.96 Å². The van der Waals surface area contributed by atoms with E-state index in [2.05, 4.69) is 69.9 Å². The van der Waals surface area contributed by atoms with E-state index >= 15 is 0 Å². The van der Waals surface area contributed by atoms with Crippen molar-refractivity contribution in [2.45, 2.75) is 25.3 Å². The largest absolute Gasteiger partial charge is 0.379 e. The quantitative estimate of drug-likeness (QED) is 0.317. The lowest BCUT2D eigenvalue weighted by Gasteiger charge is -2.34. The molecule has 7 heteroatoms. The monoisotopic (exact) mass is 540 g/mol. The van der Waals surface area contributed by atoms with Crippen LogP contribution in [0.2, 0.25) is 0 Å². The summed E-state index contributed by atoms with van der Waals surface area (Å²) in [7, 11) is 1.86.